The van der Waals surface area contributed by atoms with Crippen molar-refractivity contribution in [2.45, 2.75) is 26.8 Å². The van der Waals surface area contributed by atoms with E-state index in [2.05, 4.69) is 37.7 Å². The minimum absolute atomic E-state index is 0.455. The molecule has 0 spiro atoms. The first-order valence-electron chi connectivity index (χ1n) is 6.32. The predicted molar refractivity (Wildman–Crippen MR) is 77.8 cm³/mol. The van der Waals surface area contributed by atoms with Gasteiger partial charge in [-0.05, 0) is 13.8 Å². The van der Waals surface area contributed by atoms with Crippen LogP contribution in [0.15, 0.2) is 15.7 Å². The summed E-state index contributed by atoms with van der Waals surface area (Å²) < 4.78 is 5.02. The van der Waals surface area contributed by atoms with Crippen LogP contribution in [0.5, 0.6) is 0 Å². The molecule has 0 aliphatic carbocycles. The molecule has 7 nitrogen and oxygen atoms in total. The number of aromatic nitrogens is 3. The first-order valence-corrected chi connectivity index (χ1v) is 7.14. The monoisotopic (exact) mass is 294 g/mol. The molecule has 20 heavy (non-hydrogen) atoms. The lowest BCUT2D eigenvalue weighted by molar-refractivity contribution is 0.371. The lowest BCUT2D eigenvalue weighted by atomic mass is 10.4. The summed E-state index contributed by atoms with van der Waals surface area (Å²) in [5.74, 6) is 1.87. The summed E-state index contributed by atoms with van der Waals surface area (Å²) in [7, 11) is 1.72. The SMILES string of the molecule is CN=C(NCCc1ncc(C)s1)NCc1nc(C)no1. The highest BCUT2D eigenvalue weighted by atomic mass is 32.1. The lowest BCUT2D eigenvalue weighted by Gasteiger charge is -2.09. The molecule has 0 amide bonds. The lowest BCUT2D eigenvalue weighted by Crippen LogP contribution is -2.37. The number of guanidine groups is 1. The molecule has 0 saturated heterocycles. The fourth-order valence-electron chi connectivity index (χ4n) is 1.60. The van der Waals surface area contributed by atoms with Gasteiger partial charge in [0.25, 0.3) is 0 Å². The van der Waals surface area contributed by atoms with E-state index in [1.54, 1.807) is 25.3 Å². The van der Waals surface area contributed by atoms with E-state index < -0.39 is 0 Å². The van der Waals surface area contributed by atoms with E-state index in [-0.39, 0.29) is 0 Å². The van der Waals surface area contributed by atoms with Crippen LogP contribution in [0.25, 0.3) is 0 Å². The van der Waals surface area contributed by atoms with E-state index in [4.69, 9.17) is 4.52 Å². The van der Waals surface area contributed by atoms with Gasteiger partial charge >= 0.3 is 0 Å². The highest BCUT2D eigenvalue weighted by Crippen LogP contribution is 2.10. The van der Waals surface area contributed by atoms with Crippen LogP contribution < -0.4 is 10.6 Å². The average Bonchev–Trinajstić information content (AvgIpc) is 3.02. The molecule has 2 N–H and O–H groups in total. The van der Waals surface area contributed by atoms with E-state index in [1.807, 2.05) is 6.20 Å². The second-order valence-corrected chi connectivity index (χ2v) is 5.52. The van der Waals surface area contributed by atoms with Gasteiger partial charge in [0.05, 0.1) is 11.6 Å². The van der Waals surface area contributed by atoms with Crippen molar-refractivity contribution in [3.05, 3.63) is 27.8 Å². The molecule has 0 bridgehead atoms. The Morgan fingerprint density at radius 1 is 1.40 bits per heavy atom. The van der Waals surface area contributed by atoms with Crippen molar-refractivity contribution in [3.8, 4) is 0 Å². The van der Waals surface area contributed by atoms with Gasteiger partial charge in [-0.15, -0.1) is 11.3 Å². The third-order valence-corrected chi connectivity index (χ3v) is 3.47. The Kier molecular flexibility index (Phi) is 5.05. The summed E-state index contributed by atoms with van der Waals surface area (Å²) in [6.07, 6.45) is 2.77. The van der Waals surface area contributed by atoms with E-state index in [1.165, 1.54) is 4.88 Å². The van der Waals surface area contributed by atoms with Crippen molar-refractivity contribution in [3.63, 3.8) is 0 Å². The van der Waals surface area contributed by atoms with Gasteiger partial charge in [0.1, 0.15) is 0 Å². The highest BCUT2D eigenvalue weighted by Gasteiger charge is 2.04. The van der Waals surface area contributed by atoms with E-state index >= 15 is 0 Å². The number of aliphatic imine (C=N–C) groups is 1. The fourth-order valence-corrected chi connectivity index (χ4v) is 2.38. The number of hydrogen-bond donors (Lipinski definition) is 2. The van der Waals surface area contributed by atoms with Crippen LogP contribution in [-0.4, -0.2) is 34.7 Å². The Morgan fingerprint density at radius 2 is 2.25 bits per heavy atom. The molecule has 0 fully saturated rings. The molecule has 0 aliphatic heterocycles. The van der Waals surface area contributed by atoms with Crippen LogP contribution in [0.4, 0.5) is 0 Å². The largest absolute Gasteiger partial charge is 0.356 e. The second-order valence-electron chi connectivity index (χ2n) is 4.20. The molecule has 108 valence electrons. The quantitative estimate of drug-likeness (QED) is 0.633. The van der Waals surface area contributed by atoms with Gasteiger partial charge in [0.2, 0.25) is 5.89 Å². The summed E-state index contributed by atoms with van der Waals surface area (Å²) in [5, 5.41) is 11.2. The zero-order valence-corrected chi connectivity index (χ0v) is 12.6. The Labute approximate surface area is 121 Å². The number of nitrogens with one attached hydrogen (secondary N) is 2. The van der Waals surface area contributed by atoms with Gasteiger partial charge in [-0.2, -0.15) is 4.98 Å². The van der Waals surface area contributed by atoms with E-state index in [0.717, 1.165) is 18.0 Å². The van der Waals surface area contributed by atoms with Crippen LogP contribution >= 0.6 is 11.3 Å². The molecule has 0 radical (unpaired) electrons. The van der Waals surface area contributed by atoms with Crippen LogP contribution in [-0.2, 0) is 13.0 Å². The van der Waals surface area contributed by atoms with Crippen molar-refractivity contribution in [2.24, 2.45) is 4.99 Å². The van der Waals surface area contributed by atoms with Crippen molar-refractivity contribution in [1.82, 2.24) is 25.8 Å². The Balaban J connectivity index is 1.72. The summed E-state index contributed by atoms with van der Waals surface area (Å²) in [6, 6.07) is 0. The van der Waals surface area contributed by atoms with Gasteiger partial charge < -0.3 is 15.2 Å². The standard InChI is InChI=1S/C12H18N6OS/c1-8-6-15-11(20-8)4-5-14-12(13-3)16-7-10-17-9(2)18-19-10/h6H,4-5,7H2,1-3H3,(H2,13,14,16). The number of thiazole rings is 1. The summed E-state index contributed by atoms with van der Waals surface area (Å²) in [6.45, 7) is 5.07. The van der Waals surface area contributed by atoms with Gasteiger partial charge in [-0.3, -0.25) is 4.99 Å². The normalized spacial score (nSPS) is 11.7. The van der Waals surface area contributed by atoms with Gasteiger partial charge in [0.15, 0.2) is 11.8 Å². The zero-order valence-electron chi connectivity index (χ0n) is 11.8. The van der Waals surface area contributed by atoms with Crippen LogP contribution in [0.2, 0.25) is 0 Å². The van der Waals surface area contributed by atoms with Gasteiger partial charge in [-0.25, -0.2) is 4.98 Å². The maximum absolute atomic E-state index is 5.02. The molecule has 0 saturated carbocycles. The van der Waals surface area contributed by atoms with Crippen molar-refractivity contribution in [1.29, 1.82) is 0 Å². The zero-order chi connectivity index (χ0) is 14.4. The molecule has 2 heterocycles. The molecule has 2 aromatic rings. The molecule has 0 aromatic carbocycles. The van der Waals surface area contributed by atoms with Crippen LogP contribution in [0, 0.1) is 13.8 Å². The molecule has 2 aromatic heterocycles. The number of rotatable bonds is 5. The number of hydrogen-bond acceptors (Lipinski definition) is 6. The molecule has 0 aliphatic rings. The van der Waals surface area contributed by atoms with E-state index in [9.17, 15) is 0 Å². The molecule has 2 rings (SSSR count). The van der Waals surface area contributed by atoms with Gasteiger partial charge in [0, 0.05) is 31.1 Å². The Hall–Kier alpha value is -1.96. The average molecular weight is 294 g/mol. The third kappa shape index (κ3) is 4.30. The molecule has 0 atom stereocenters. The van der Waals surface area contributed by atoms with E-state index in [0.29, 0.717) is 24.2 Å². The third-order valence-electron chi connectivity index (χ3n) is 2.50. The predicted octanol–water partition coefficient (Wildman–Crippen LogP) is 1.05. The summed E-state index contributed by atoms with van der Waals surface area (Å²) in [5.41, 5.74) is 0. The van der Waals surface area contributed by atoms with Crippen LogP contribution in [0.3, 0.4) is 0 Å². The van der Waals surface area contributed by atoms with Crippen LogP contribution in [0.1, 0.15) is 21.6 Å². The van der Waals surface area contributed by atoms with Crippen molar-refractivity contribution in [2.75, 3.05) is 13.6 Å². The molecule has 8 heteroatoms. The highest BCUT2D eigenvalue weighted by molar-refractivity contribution is 7.11. The number of aryl methyl sites for hydroxylation is 2. The Bertz CT molecular complexity index is 576. The minimum atomic E-state index is 0.455. The Morgan fingerprint density at radius 3 is 2.85 bits per heavy atom. The fraction of sp³-hybridized carbons (Fsp3) is 0.500. The number of nitrogens with zero attached hydrogens (tertiary/aromatic N) is 4. The first kappa shape index (κ1) is 14.4. The first-order chi connectivity index (χ1) is 9.67. The second kappa shape index (κ2) is 6.99. The molecule has 0 unspecified atom stereocenters. The van der Waals surface area contributed by atoms with Gasteiger partial charge in [-0.1, -0.05) is 5.16 Å². The maximum Gasteiger partial charge on any atom is 0.246 e. The topological polar surface area (TPSA) is 88.2 Å². The summed E-state index contributed by atoms with van der Waals surface area (Å²) in [4.78, 5) is 13.8. The maximum atomic E-state index is 5.02. The molecular weight excluding hydrogens is 276 g/mol. The molecular formula is C12H18N6OS. The minimum Gasteiger partial charge on any atom is -0.356 e. The van der Waals surface area contributed by atoms with Crippen molar-refractivity contribution < 1.29 is 4.52 Å². The smallest absolute Gasteiger partial charge is 0.246 e. The van der Waals surface area contributed by atoms with Crippen molar-refractivity contribution >= 4 is 17.3 Å². The summed E-state index contributed by atoms with van der Waals surface area (Å²) >= 11 is 1.72.